The van der Waals surface area contributed by atoms with Crippen LogP contribution in [0.15, 0.2) is 6.07 Å². The van der Waals surface area contributed by atoms with Crippen molar-refractivity contribution in [3.63, 3.8) is 0 Å². The molecule has 1 fully saturated rings. The Morgan fingerprint density at radius 1 is 1.19 bits per heavy atom. The van der Waals surface area contributed by atoms with E-state index < -0.39 is 0 Å². The Labute approximate surface area is 103 Å². The summed E-state index contributed by atoms with van der Waals surface area (Å²) < 4.78 is 11.7. The molecule has 0 atom stereocenters. The van der Waals surface area contributed by atoms with Crippen LogP contribution in [0.25, 0.3) is 0 Å². The zero-order chi connectivity index (χ0) is 11.3. The van der Waals surface area contributed by atoms with E-state index >= 15 is 0 Å². The second-order valence-corrected chi connectivity index (χ2v) is 5.05. The van der Waals surface area contributed by atoms with Gasteiger partial charge in [0, 0.05) is 0 Å². The number of hydrogen-bond donors (Lipinski definition) is 1. The third-order valence-corrected chi connectivity index (χ3v) is 3.23. The van der Waals surface area contributed by atoms with Crippen LogP contribution in [0.1, 0.15) is 33.4 Å². The van der Waals surface area contributed by atoms with Gasteiger partial charge < -0.3 is 9.31 Å². The van der Waals surface area contributed by atoms with Gasteiger partial charge in [0.05, 0.1) is 22.5 Å². The maximum Gasteiger partial charge on any atom is 0.513 e. The Morgan fingerprint density at radius 3 is 2.06 bits per heavy atom. The fourth-order valence-electron chi connectivity index (χ4n) is 1.53. The highest BCUT2D eigenvalue weighted by Crippen LogP contribution is 2.36. The first-order valence-electron chi connectivity index (χ1n) is 5.19. The van der Waals surface area contributed by atoms with Gasteiger partial charge >= 0.3 is 7.12 Å². The molecule has 1 saturated heterocycles. The summed E-state index contributed by atoms with van der Waals surface area (Å²) in [7, 11) is -0.337. The van der Waals surface area contributed by atoms with Gasteiger partial charge in [0.15, 0.2) is 0 Å². The van der Waals surface area contributed by atoms with E-state index in [2.05, 4.69) is 10.2 Å². The summed E-state index contributed by atoms with van der Waals surface area (Å²) in [5.41, 5.74) is 1.23. The van der Waals surface area contributed by atoms with Crippen molar-refractivity contribution in [3.05, 3.63) is 11.8 Å². The van der Waals surface area contributed by atoms with Crippen LogP contribution >= 0.6 is 12.4 Å². The molecule has 90 valence electrons. The molecule has 16 heavy (non-hydrogen) atoms. The average Bonchev–Trinajstić information content (AvgIpc) is 2.56. The van der Waals surface area contributed by atoms with E-state index in [0.29, 0.717) is 0 Å². The van der Waals surface area contributed by atoms with Crippen molar-refractivity contribution >= 4 is 25.1 Å². The summed E-state index contributed by atoms with van der Waals surface area (Å²) in [6.07, 6.45) is 0. The molecule has 0 spiro atoms. The van der Waals surface area contributed by atoms with Gasteiger partial charge in [-0.25, -0.2) is 0 Å². The molecule has 1 aliphatic heterocycles. The Balaban J connectivity index is 0.00000128. The van der Waals surface area contributed by atoms with Crippen molar-refractivity contribution in [2.45, 2.75) is 45.8 Å². The molecular formula is C10H18BClN2O2. The molecule has 4 nitrogen and oxygen atoms in total. The number of rotatable bonds is 1. The van der Waals surface area contributed by atoms with Crippen molar-refractivity contribution in [2.24, 2.45) is 0 Å². The summed E-state index contributed by atoms with van der Waals surface area (Å²) in [5.74, 6) is 0. The van der Waals surface area contributed by atoms with E-state index in [4.69, 9.17) is 9.31 Å². The van der Waals surface area contributed by atoms with E-state index in [9.17, 15) is 0 Å². The minimum atomic E-state index is -0.337. The predicted molar refractivity (Wildman–Crippen MR) is 66.3 cm³/mol. The average molecular weight is 245 g/mol. The molecule has 6 heteroatoms. The van der Waals surface area contributed by atoms with Crippen molar-refractivity contribution in [1.82, 2.24) is 10.2 Å². The van der Waals surface area contributed by atoms with Crippen LogP contribution in [0.4, 0.5) is 0 Å². The SMILES string of the molecule is Cc1cc(B2OC(C)(C)C(C)(C)O2)[nH]n1.Cl. The molecule has 2 heterocycles. The van der Waals surface area contributed by atoms with Gasteiger partial charge in [-0.05, 0) is 40.7 Å². The quantitative estimate of drug-likeness (QED) is 0.761. The van der Waals surface area contributed by atoms with Crippen molar-refractivity contribution in [2.75, 3.05) is 0 Å². The Kier molecular flexibility index (Phi) is 3.43. The summed E-state index contributed by atoms with van der Waals surface area (Å²) in [4.78, 5) is 0. The highest BCUT2D eigenvalue weighted by atomic mass is 35.5. The largest absolute Gasteiger partial charge is 0.513 e. The fourth-order valence-corrected chi connectivity index (χ4v) is 1.53. The second-order valence-electron chi connectivity index (χ2n) is 5.05. The lowest BCUT2D eigenvalue weighted by Gasteiger charge is -2.32. The highest BCUT2D eigenvalue weighted by Gasteiger charge is 2.52. The monoisotopic (exact) mass is 244 g/mol. The number of nitrogens with one attached hydrogen (secondary N) is 1. The third-order valence-electron chi connectivity index (χ3n) is 3.23. The maximum atomic E-state index is 5.87. The van der Waals surface area contributed by atoms with Gasteiger partial charge in [-0.2, -0.15) is 5.10 Å². The number of hydrogen-bond acceptors (Lipinski definition) is 3. The second kappa shape index (κ2) is 4.06. The molecule has 1 N–H and O–H groups in total. The molecule has 0 amide bonds. The van der Waals surface area contributed by atoms with Crippen LogP contribution in [0.3, 0.4) is 0 Å². The van der Waals surface area contributed by atoms with Crippen LogP contribution in [0.5, 0.6) is 0 Å². The van der Waals surface area contributed by atoms with Crippen LogP contribution < -0.4 is 5.59 Å². The van der Waals surface area contributed by atoms with Crippen LogP contribution in [-0.2, 0) is 9.31 Å². The summed E-state index contributed by atoms with van der Waals surface area (Å²) in [6.45, 7) is 10.1. The lowest BCUT2D eigenvalue weighted by molar-refractivity contribution is 0.00578. The number of H-pyrrole nitrogens is 1. The molecule has 1 aliphatic rings. The van der Waals surface area contributed by atoms with Crippen LogP contribution in [0.2, 0.25) is 0 Å². The van der Waals surface area contributed by atoms with Crippen molar-refractivity contribution in [1.29, 1.82) is 0 Å². The molecule has 1 aromatic rings. The fraction of sp³-hybridized carbons (Fsp3) is 0.700. The van der Waals surface area contributed by atoms with Crippen molar-refractivity contribution < 1.29 is 9.31 Å². The number of halogens is 1. The maximum absolute atomic E-state index is 5.87. The normalized spacial score (nSPS) is 21.9. The predicted octanol–water partition coefficient (Wildman–Crippen LogP) is 1.44. The molecule has 0 radical (unpaired) electrons. The van der Waals surface area contributed by atoms with E-state index in [1.165, 1.54) is 0 Å². The summed E-state index contributed by atoms with van der Waals surface area (Å²) >= 11 is 0. The Bertz CT molecular complexity index is 363. The number of nitrogens with zero attached hydrogens (tertiary/aromatic N) is 1. The third kappa shape index (κ3) is 2.12. The van der Waals surface area contributed by atoms with Gasteiger partial charge in [0.2, 0.25) is 0 Å². The lowest BCUT2D eigenvalue weighted by Crippen LogP contribution is -2.41. The minimum Gasteiger partial charge on any atom is -0.398 e. The first-order valence-corrected chi connectivity index (χ1v) is 5.19. The van der Waals surface area contributed by atoms with Gasteiger partial charge in [0.25, 0.3) is 0 Å². The number of aromatic nitrogens is 2. The first-order chi connectivity index (χ1) is 6.82. The zero-order valence-corrected chi connectivity index (χ0v) is 11.1. The molecular weight excluding hydrogens is 226 g/mol. The van der Waals surface area contributed by atoms with Crippen molar-refractivity contribution in [3.8, 4) is 0 Å². The molecule has 0 saturated carbocycles. The highest BCUT2D eigenvalue weighted by molar-refractivity contribution is 6.61. The van der Waals surface area contributed by atoms with Gasteiger partial charge in [-0.1, -0.05) is 0 Å². The topological polar surface area (TPSA) is 47.1 Å². The standard InChI is InChI=1S/C10H17BN2O2.ClH/c1-7-6-8(13-12-7)11-14-9(2,3)10(4,5)15-11;/h6H,1-5H3,(H,12,13);1H. The Morgan fingerprint density at radius 2 is 1.69 bits per heavy atom. The number of aryl methyl sites for hydroxylation is 1. The molecule has 0 aliphatic carbocycles. The summed E-state index contributed by atoms with van der Waals surface area (Å²) in [6, 6.07) is 1.95. The van der Waals surface area contributed by atoms with Gasteiger partial charge in [-0.15, -0.1) is 12.4 Å². The van der Waals surface area contributed by atoms with Gasteiger partial charge in [0.1, 0.15) is 0 Å². The molecule has 0 aromatic carbocycles. The van der Waals surface area contributed by atoms with Crippen LogP contribution in [0, 0.1) is 6.92 Å². The smallest absolute Gasteiger partial charge is 0.398 e. The van der Waals surface area contributed by atoms with E-state index in [-0.39, 0.29) is 30.7 Å². The molecule has 0 bridgehead atoms. The molecule has 0 unspecified atom stereocenters. The lowest BCUT2D eigenvalue weighted by atomic mass is 9.85. The zero-order valence-electron chi connectivity index (χ0n) is 10.3. The van der Waals surface area contributed by atoms with Gasteiger partial charge in [-0.3, -0.25) is 5.10 Å². The van der Waals surface area contributed by atoms with Crippen LogP contribution in [-0.4, -0.2) is 28.5 Å². The number of aromatic amines is 1. The van der Waals surface area contributed by atoms with E-state index in [1.54, 1.807) is 0 Å². The molecule has 2 rings (SSSR count). The molecule has 1 aromatic heterocycles. The first kappa shape index (κ1) is 13.5. The van der Waals surface area contributed by atoms with E-state index in [1.807, 2.05) is 40.7 Å². The summed E-state index contributed by atoms with van der Waals surface area (Å²) in [5, 5.41) is 6.99. The van der Waals surface area contributed by atoms with E-state index in [0.717, 1.165) is 11.3 Å². The minimum absolute atomic E-state index is 0. The Hall–Kier alpha value is -0.515.